The van der Waals surface area contributed by atoms with Crippen LogP contribution in [0.25, 0.3) is 10.8 Å². The summed E-state index contributed by atoms with van der Waals surface area (Å²) >= 11 is 0. The Morgan fingerprint density at radius 1 is 1.26 bits per heavy atom. The summed E-state index contributed by atoms with van der Waals surface area (Å²) in [5.74, 6) is 0.371. The van der Waals surface area contributed by atoms with Crippen LogP contribution < -0.4 is 10.3 Å². The number of nitrogens with one attached hydrogen (secondary N) is 1. The van der Waals surface area contributed by atoms with Gasteiger partial charge < -0.3 is 4.84 Å². The van der Waals surface area contributed by atoms with Crippen LogP contribution in [0, 0.1) is 6.92 Å². The molecule has 19 heavy (non-hydrogen) atoms. The maximum atomic E-state index is 11.2. The van der Waals surface area contributed by atoms with Crippen LogP contribution in [0.4, 0.5) is 0 Å². The molecule has 102 valence electrons. The summed E-state index contributed by atoms with van der Waals surface area (Å²) in [6, 6.07) is 8.28. The first-order valence-electron chi connectivity index (χ1n) is 5.83. The Balaban J connectivity index is 2.69. The number of rotatable bonds is 4. The van der Waals surface area contributed by atoms with E-state index in [1.807, 2.05) is 26.0 Å². The molecule has 0 aliphatic carbocycles. The van der Waals surface area contributed by atoms with Crippen LogP contribution in [0.1, 0.15) is 12.5 Å². The Morgan fingerprint density at radius 2 is 2.00 bits per heavy atom. The van der Waals surface area contributed by atoms with Crippen molar-refractivity contribution < 1.29 is 17.8 Å². The van der Waals surface area contributed by atoms with Gasteiger partial charge in [-0.25, -0.2) is 0 Å². The normalized spacial score (nSPS) is 11.7. The van der Waals surface area contributed by atoms with Gasteiger partial charge in [0.15, 0.2) is 5.75 Å². The Morgan fingerprint density at radius 3 is 2.63 bits per heavy atom. The van der Waals surface area contributed by atoms with Gasteiger partial charge in [-0.1, -0.05) is 17.7 Å². The van der Waals surface area contributed by atoms with E-state index in [9.17, 15) is 8.42 Å². The van der Waals surface area contributed by atoms with Gasteiger partial charge in [-0.2, -0.15) is 13.9 Å². The Hall–Kier alpha value is -1.63. The lowest BCUT2D eigenvalue weighted by atomic mass is 10.1. The van der Waals surface area contributed by atoms with Crippen molar-refractivity contribution in [1.29, 1.82) is 0 Å². The highest BCUT2D eigenvalue weighted by Crippen LogP contribution is 2.30. The molecule has 0 atom stereocenters. The van der Waals surface area contributed by atoms with Gasteiger partial charge >= 0.3 is 0 Å². The zero-order valence-electron chi connectivity index (χ0n) is 10.7. The highest BCUT2D eigenvalue weighted by atomic mass is 32.2. The molecule has 0 fully saturated rings. The van der Waals surface area contributed by atoms with Crippen molar-refractivity contribution in [3.8, 4) is 5.75 Å². The quantitative estimate of drug-likeness (QED) is 0.664. The first-order valence-corrected chi connectivity index (χ1v) is 7.27. The first-order chi connectivity index (χ1) is 8.91. The Labute approximate surface area is 111 Å². The van der Waals surface area contributed by atoms with Crippen molar-refractivity contribution in [3.05, 3.63) is 35.9 Å². The zero-order valence-corrected chi connectivity index (χ0v) is 11.5. The van der Waals surface area contributed by atoms with E-state index in [1.54, 1.807) is 6.07 Å². The van der Waals surface area contributed by atoms with E-state index >= 15 is 0 Å². The summed E-state index contributed by atoms with van der Waals surface area (Å²) in [6.45, 7) is 4.37. The molecular formula is C13H15NO4S. The van der Waals surface area contributed by atoms with Crippen LogP contribution in [-0.2, 0) is 10.1 Å². The van der Waals surface area contributed by atoms with Gasteiger partial charge in [0.1, 0.15) is 0 Å². The van der Waals surface area contributed by atoms with Crippen LogP contribution in [0.5, 0.6) is 5.75 Å². The maximum Gasteiger partial charge on any atom is 0.294 e. The minimum atomic E-state index is -4.26. The number of hydrogen-bond donors (Lipinski definition) is 2. The van der Waals surface area contributed by atoms with Gasteiger partial charge in [-0.15, -0.1) is 0 Å². The number of benzene rings is 2. The lowest BCUT2D eigenvalue weighted by Crippen LogP contribution is -2.17. The fraction of sp³-hybridized carbons (Fsp3) is 0.231. The molecule has 0 unspecified atom stereocenters. The number of hydrogen-bond acceptors (Lipinski definition) is 4. The lowest BCUT2D eigenvalue weighted by molar-refractivity contribution is 0.205. The van der Waals surface area contributed by atoms with E-state index in [0.717, 1.165) is 10.9 Å². The van der Waals surface area contributed by atoms with Crippen LogP contribution in [0.2, 0.25) is 0 Å². The fourth-order valence-corrected chi connectivity index (χ4v) is 2.33. The average molecular weight is 281 g/mol. The van der Waals surface area contributed by atoms with Crippen molar-refractivity contribution in [2.75, 3.05) is 6.54 Å². The summed E-state index contributed by atoms with van der Waals surface area (Å²) in [5, 5.41) is 1.47. The van der Waals surface area contributed by atoms with Gasteiger partial charge in [0.25, 0.3) is 10.1 Å². The van der Waals surface area contributed by atoms with Crippen LogP contribution in [0.3, 0.4) is 0 Å². The fourth-order valence-electron chi connectivity index (χ4n) is 1.79. The van der Waals surface area contributed by atoms with Crippen LogP contribution >= 0.6 is 0 Å². The zero-order chi connectivity index (χ0) is 14.0. The minimum absolute atomic E-state index is 0.184. The van der Waals surface area contributed by atoms with Gasteiger partial charge in [-0.3, -0.25) is 4.55 Å². The largest absolute Gasteiger partial charge is 0.408 e. The van der Waals surface area contributed by atoms with Crippen molar-refractivity contribution >= 4 is 20.9 Å². The highest BCUT2D eigenvalue weighted by Gasteiger charge is 2.14. The van der Waals surface area contributed by atoms with Crippen molar-refractivity contribution in [2.24, 2.45) is 0 Å². The van der Waals surface area contributed by atoms with Crippen molar-refractivity contribution in [1.82, 2.24) is 5.48 Å². The molecule has 0 aliphatic heterocycles. The monoisotopic (exact) mass is 281 g/mol. The van der Waals surface area contributed by atoms with Crippen LogP contribution in [-0.4, -0.2) is 19.5 Å². The molecule has 6 heteroatoms. The Bertz CT molecular complexity index is 710. The van der Waals surface area contributed by atoms with E-state index in [0.29, 0.717) is 17.7 Å². The molecule has 0 heterocycles. The third-order valence-electron chi connectivity index (χ3n) is 2.67. The number of fused-ring (bicyclic) bond motifs is 1. The smallest absolute Gasteiger partial charge is 0.294 e. The predicted octanol–water partition coefficient (Wildman–Crippen LogP) is 2.30. The molecule has 0 saturated heterocycles. The Kier molecular flexibility index (Phi) is 3.75. The predicted molar refractivity (Wildman–Crippen MR) is 72.8 cm³/mol. The standard InChI is InChI=1S/C13H15NO4S/c1-3-14-18-13-8-11(19(15,16)17)7-10-5-4-9(2)6-12(10)13/h4-8,14H,3H2,1-2H3,(H,15,16,17). The molecule has 2 N–H and O–H groups in total. The molecule has 0 aliphatic rings. The lowest BCUT2D eigenvalue weighted by Gasteiger charge is -2.11. The first kappa shape index (κ1) is 13.8. The summed E-state index contributed by atoms with van der Waals surface area (Å²) in [6.07, 6.45) is 0. The SMILES string of the molecule is CCNOc1cc(S(=O)(=O)O)cc2ccc(C)cc12. The van der Waals surface area contributed by atoms with Gasteiger partial charge in [0.05, 0.1) is 4.90 Å². The second-order valence-corrected chi connectivity index (χ2v) is 5.64. The van der Waals surface area contributed by atoms with Crippen molar-refractivity contribution in [2.45, 2.75) is 18.7 Å². The molecule has 2 aromatic carbocycles. The molecule has 0 saturated carbocycles. The van der Waals surface area contributed by atoms with Gasteiger partial charge in [0, 0.05) is 18.0 Å². The molecule has 0 spiro atoms. The summed E-state index contributed by atoms with van der Waals surface area (Å²) in [4.78, 5) is 5.15. The molecule has 0 radical (unpaired) electrons. The van der Waals surface area contributed by atoms with E-state index in [-0.39, 0.29) is 4.90 Å². The van der Waals surface area contributed by atoms with E-state index in [4.69, 9.17) is 9.39 Å². The van der Waals surface area contributed by atoms with Crippen LogP contribution in [0.15, 0.2) is 35.2 Å². The van der Waals surface area contributed by atoms with Crippen molar-refractivity contribution in [3.63, 3.8) is 0 Å². The van der Waals surface area contributed by atoms with Gasteiger partial charge in [-0.05, 0) is 31.4 Å². The number of hydroxylamine groups is 1. The van der Waals surface area contributed by atoms with E-state index in [1.165, 1.54) is 12.1 Å². The molecule has 0 aromatic heterocycles. The molecule has 0 bridgehead atoms. The molecular weight excluding hydrogens is 266 g/mol. The number of aryl methyl sites for hydroxylation is 1. The minimum Gasteiger partial charge on any atom is -0.408 e. The molecule has 2 rings (SSSR count). The van der Waals surface area contributed by atoms with E-state index < -0.39 is 10.1 Å². The molecule has 5 nitrogen and oxygen atoms in total. The second kappa shape index (κ2) is 5.16. The molecule has 0 amide bonds. The average Bonchev–Trinajstić information content (AvgIpc) is 2.34. The summed E-state index contributed by atoms with van der Waals surface area (Å²) in [5.41, 5.74) is 3.71. The van der Waals surface area contributed by atoms with Gasteiger partial charge in [0.2, 0.25) is 0 Å². The topological polar surface area (TPSA) is 75.6 Å². The summed E-state index contributed by atoms with van der Waals surface area (Å²) in [7, 11) is -4.26. The second-order valence-electron chi connectivity index (χ2n) is 4.22. The third-order valence-corrected chi connectivity index (χ3v) is 3.50. The molecule has 2 aromatic rings. The summed E-state index contributed by atoms with van der Waals surface area (Å²) < 4.78 is 31.6. The highest BCUT2D eigenvalue weighted by molar-refractivity contribution is 7.85. The van der Waals surface area contributed by atoms with E-state index in [2.05, 4.69) is 5.48 Å². The maximum absolute atomic E-state index is 11.2. The third kappa shape index (κ3) is 3.04.